The lowest BCUT2D eigenvalue weighted by molar-refractivity contribution is 0.594. The quantitative estimate of drug-likeness (QED) is 0.430. The van der Waals surface area contributed by atoms with E-state index in [2.05, 4.69) is 20.7 Å². The van der Waals surface area contributed by atoms with Gasteiger partial charge in [-0.25, -0.2) is 4.39 Å². The standard InChI is InChI=1S/C15H20FN5.HI/c1-17-15(19-10-12-21-11-4-8-20-21)18-9-7-13-5-2-3-6-14(13)16;/h2-6,8,11H,7,9-10,12H2,1H3,(H2,17,18,19);1H. The summed E-state index contributed by atoms with van der Waals surface area (Å²) < 4.78 is 15.3. The Bertz CT molecular complexity index is 571. The Morgan fingerprint density at radius 2 is 2.00 bits per heavy atom. The van der Waals surface area contributed by atoms with E-state index < -0.39 is 0 Å². The van der Waals surface area contributed by atoms with Crippen LogP contribution in [0.1, 0.15) is 5.56 Å². The van der Waals surface area contributed by atoms with Crippen LogP contribution in [-0.2, 0) is 13.0 Å². The summed E-state index contributed by atoms with van der Waals surface area (Å²) in [6, 6.07) is 8.70. The van der Waals surface area contributed by atoms with Gasteiger partial charge in [-0.1, -0.05) is 18.2 Å². The molecule has 7 heteroatoms. The topological polar surface area (TPSA) is 54.2 Å². The Morgan fingerprint density at radius 3 is 2.68 bits per heavy atom. The van der Waals surface area contributed by atoms with E-state index in [0.29, 0.717) is 24.5 Å². The Morgan fingerprint density at radius 1 is 1.23 bits per heavy atom. The van der Waals surface area contributed by atoms with Crippen LogP contribution in [0, 0.1) is 5.82 Å². The van der Waals surface area contributed by atoms with Gasteiger partial charge in [0, 0.05) is 32.5 Å². The summed E-state index contributed by atoms with van der Waals surface area (Å²) in [5.41, 5.74) is 0.706. The molecule has 0 saturated carbocycles. The van der Waals surface area contributed by atoms with Gasteiger partial charge in [0.05, 0.1) is 6.54 Å². The van der Waals surface area contributed by atoms with Crippen LogP contribution in [0.5, 0.6) is 0 Å². The molecule has 2 aromatic rings. The summed E-state index contributed by atoms with van der Waals surface area (Å²) in [4.78, 5) is 4.13. The minimum Gasteiger partial charge on any atom is -0.356 e. The molecular weight excluding hydrogens is 396 g/mol. The molecule has 0 atom stereocenters. The zero-order chi connectivity index (χ0) is 14.9. The van der Waals surface area contributed by atoms with Crippen molar-refractivity contribution in [1.29, 1.82) is 0 Å². The van der Waals surface area contributed by atoms with E-state index in [1.165, 1.54) is 6.07 Å². The summed E-state index contributed by atoms with van der Waals surface area (Å²) in [6.45, 7) is 2.12. The van der Waals surface area contributed by atoms with Crippen LogP contribution in [0.25, 0.3) is 0 Å². The van der Waals surface area contributed by atoms with Crippen LogP contribution in [0.2, 0.25) is 0 Å². The number of nitrogens with one attached hydrogen (secondary N) is 2. The second kappa shape index (κ2) is 10.1. The summed E-state index contributed by atoms with van der Waals surface area (Å²) in [6.07, 6.45) is 4.28. The molecule has 0 aliphatic heterocycles. The molecular formula is C15H21FIN5. The van der Waals surface area contributed by atoms with Crippen molar-refractivity contribution < 1.29 is 4.39 Å². The first-order chi connectivity index (χ1) is 10.3. The van der Waals surface area contributed by atoms with Crippen molar-refractivity contribution in [1.82, 2.24) is 20.4 Å². The van der Waals surface area contributed by atoms with E-state index in [0.717, 1.165) is 13.1 Å². The van der Waals surface area contributed by atoms with Gasteiger partial charge < -0.3 is 10.6 Å². The molecule has 120 valence electrons. The number of nitrogens with zero attached hydrogens (tertiary/aromatic N) is 3. The minimum atomic E-state index is -0.166. The summed E-state index contributed by atoms with van der Waals surface area (Å²) >= 11 is 0. The third-order valence-corrected chi connectivity index (χ3v) is 3.06. The van der Waals surface area contributed by atoms with Crippen LogP contribution in [0.15, 0.2) is 47.7 Å². The van der Waals surface area contributed by atoms with Gasteiger partial charge in [-0.2, -0.15) is 5.10 Å². The molecule has 2 N–H and O–H groups in total. The first-order valence-corrected chi connectivity index (χ1v) is 6.95. The molecule has 1 heterocycles. The average molecular weight is 417 g/mol. The molecule has 1 aromatic carbocycles. The van der Waals surface area contributed by atoms with Crippen molar-refractivity contribution in [2.45, 2.75) is 13.0 Å². The first kappa shape index (κ1) is 18.4. The highest BCUT2D eigenvalue weighted by molar-refractivity contribution is 14.0. The zero-order valence-electron chi connectivity index (χ0n) is 12.5. The second-order valence-corrected chi connectivity index (χ2v) is 4.54. The van der Waals surface area contributed by atoms with Gasteiger partial charge in [-0.05, 0) is 24.1 Å². The lowest BCUT2D eigenvalue weighted by Crippen LogP contribution is -2.39. The van der Waals surface area contributed by atoms with Crippen molar-refractivity contribution in [2.75, 3.05) is 20.1 Å². The third kappa shape index (κ3) is 6.00. The van der Waals surface area contributed by atoms with Gasteiger partial charge in [-0.15, -0.1) is 24.0 Å². The molecule has 0 spiro atoms. The average Bonchev–Trinajstić information content (AvgIpc) is 3.01. The molecule has 5 nitrogen and oxygen atoms in total. The number of rotatable bonds is 6. The van der Waals surface area contributed by atoms with E-state index in [4.69, 9.17) is 0 Å². The summed E-state index contributed by atoms with van der Waals surface area (Å²) in [7, 11) is 1.71. The second-order valence-electron chi connectivity index (χ2n) is 4.54. The number of halogens is 2. The number of guanidine groups is 1. The Labute approximate surface area is 147 Å². The lowest BCUT2D eigenvalue weighted by Gasteiger charge is -2.12. The van der Waals surface area contributed by atoms with Crippen LogP contribution < -0.4 is 10.6 Å². The highest BCUT2D eigenvalue weighted by Gasteiger charge is 2.01. The van der Waals surface area contributed by atoms with E-state index in [1.54, 1.807) is 25.4 Å². The molecule has 0 radical (unpaired) electrons. The van der Waals surface area contributed by atoms with Gasteiger partial charge >= 0.3 is 0 Å². The Balaban J connectivity index is 0.00000242. The van der Waals surface area contributed by atoms with Crippen LogP contribution in [0.3, 0.4) is 0 Å². The zero-order valence-corrected chi connectivity index (χ0v) is 14.8. The smallest absolute Gasteiger partial charge is 0.191 e. The third-order valence-electron chi connectivity index (χ3n) is 3.06. The maximum Gasteiger partial charge on any atom is 0.191 e. The molecule has 1 aromatic heterocycles. The fourth-order valence-corrected chi connectivity index (χ4v) is 1.96. The van der Waals surface area contributed by atoms with Crippen LogP contribution in [-0.4, -0.2) is 35.9 Å². The fourth-order valence-electron chi connectivity index (χ4n) is 1.96. The number of benzene rings is 1. The fraction of sp³-hybridized carbons (Fsp3) is 0.333. The van der Waals surface area contributed by atoms with Gasteiger partial charge in [0.25, 0.3) is 0 Å². The molecule has 0 aliphatic rings. The Hall–Kier alpha value is -1.64. The number of aromatic nitrogens is 2. The normalized spacial score (nSPS) is 10.9. The van der Waals surface area contributed by atoms with Crippen molar-refractivity contribution in [2.24, 2.45) is 4.99 Å². The molecule has 2 rings (SSSR count). The molecule has 0 saturated heterocycles. The van der Waals surface area contributed by atoms with Crippen molar-refractivity contribution in [3.05, 3.63) is 54.1 Å². The van der Waals surface area contributed by atoms with Crippen molar-refractivity contribution in [3.8, 4) is 0 Å². The predicted molar refractivity (Wildman–Crippen MR) is 97.1 cm³/mol. The van der Waals surface area contributed by atoms with Gasteiger partial charge in [0.15, 0.2) is 5.96 Å². The monoisotopic (exact) mass is 417 g/mol. The van der Waals surface area contributed by atoms with Crippen molar-refractivity contribution in [3.63, 3.8) is 0 Å². The molecule has 0 bridgehead atoms. The van der Waals surface area contributed by atoms with Gasteiger partial charge in [0.1, 0.15) is 5.82 Å². The summed E-state index contributed by atoms with van der Waals surface area (Å²) in [5, 5.41) is 10.5. The van der Waals surface area contributed by atoms with Gasteiger partial charge in [0.2, 0.25) is 0 Å². The predicted octanol–water partition coefficient (Wildman–Crippen LogP) is 2.05. The number of hydrogen-bond acceptors (Lipinski definition) is 2. The number of aliphatic imine (C=N–C) groups is 1. The summed E-state index contributed by atoms with van der Waals surface area (Å²) in [5.74, 6) is 0.541. The van der Waals surface area contributed by atoms with E-state index in [9.17, 15) is 4.39 Å². The highest BCUT2D eigenvalue weighted by Crippen LogP contribution is 2.05. The van der Waals surface area contributed by atoms with E-state index >= 15 is 0 Å². The molecule has 0 fully saturated rings. The maximum absolute atomic E-state index is 13.5. The molecule has 0 amide bonds. The maximum atomic E-state index is 13.5. The van der Waals surface area contributed by atoms with Crippen molar-refractivity contribution >= 4 is 29.9 Å². The molecule has 0 aliphatic carbocycles. The SMILES string of the molecule is CN=C(NCCc1ccccc1F)NCCn1cccn1.I. The number of hydrogen-bond donors (Lipinski definition) is 2. The lowest BCUT2D eigenvalue weighted by atomic mass is 10.1. The van der Waals surface area contributed by atoms with Crippen LogP contribution in [0.4, 0.5) is 4.39 Å². The van der Waals surface area contributed by atoms with Crippen LogP contribution >= 0.6 is 24.0 Å². The highest BCUT2D eigenvalue weighted by atomic mass is 127. The largest absolute Gasteiger partial charge is 0.356 e. The minimum absolute atomic E-state index is 0. The van der Waals surface area contributed by atoms with Gasteiger partial charge in [-0.3, -0.25) is 9.67 Å². The molecule has 0 unspecified atom stereocenters. The van der Waals surface area contributed by atoms with E-state index in [1.807, 2.05) is 23.0 Å². The molecule has 22 heavy (non-hydrogen) atoms. The Kier molecular flexibility index (Phi) is 8.49. The van der Waals surface area contributed by atoms with E-state index in [-0.39, 0.29) is 29.8 Å². The first-order valence-electron chi connectivity index (χ1n) is 6.95.